The molecule has 2 heterocycles. The number of aromatic nitrogens is 2. The number of carbonyl (C=O) groups excluding carboxylic acids is 1. The zero-order valence-electron chi connectivity index (χ0n) is 14.4. The Labute approximate surface area is 156 Å². The summed E-state index contributed by atoms with van der Waals surface area (Å²) in [6.07, 6.45) is 4.21. The quantitative estimate of drug-likeness (QED) is 0.708. The molecule has 3 aromatic rings. The molecule has 0 atom stereocenters. The molecule has 0 radical (unpaired) electrons. The van der Waals surface area contributed by atoms with Crippen molar-refractivity contribution in [3.05, 3.63) is 76.6 Å². The van der Waals surface area contributed by atoms with Gasteiger partial charge in [0.1, 0.15) is 5.75 Å². The van der Waals surface area contributed by atoms with Crippen LogP contribution in [0, 0.1) is 0 Å². The minimum atomic E-state index is -0.0151. The molecule has 6 heteroatoms. The predicted molar refractivity (Wildman–Crippen MR) is 100 cm³/mol. The highest BCUT2D eigenvalue weighted by atomic mass is 35.5. The number of hydrogen-bond donors (Lipinski definition) is 0. The van der Waals surface area contributed by atoms with Crippen molar-refractivity contribution in [1.29, 1.82) is 0 Å². The summed E-state index contributed by atoms with van der Waals surface area (Å²) in [5, 5.41) is 4.98. The van der Waals surface area contributed by atoms with Crippen LogP contribution in [0.2, 0.25) is 5.02 Å². The van der Waals surface area contributed by atoms with Crippen LogP contribution in [-0.2, 0) is 13.0 Å². The van der Waals surface area contributed by atoms with Crippen molar-refractivity contribution >= 4 is 17.5 Å². The maximum atomic E-state index is 12.9. The van der Waals surface area contributed by atoms with E-state index in [1.54, 1.807) is 36.3 Å². The van der Waals surface area contributed by atoms with E-state index in [4.69, 9.17) is 16.3 Å². The van der Waals surface area contributed by atoms with Gasteiger partial charge in [-0.3, -0.25) is 4.79 Å². The van der Waals surface area contributed by atoms with E-state index in [0.717, 1.165) is 23.4 Å². The molecule has 1 aromatic heterocycles. The number of halogens is 1. The topological polar surface area (TPSA) is 47.4 Å². The molecule has 26 heavy (non-hydrogen) atoms. The molecule has 0 spiro atoms. The van der Waals surface area contributed by atoms with Gasteiger partial charge in [0.05, 0.1) is 24.6 Å². The van der Waals surface area contributed by atoms with Gasteiger partial charge in [-0.05, 0) is 53.9 Å². The Bertz CT molecular complexity index is 950. The van der Waals surface area contributed by atoms with Gasteiger partial charge >= 0.3 is 0 Å². The highest BCUT2D eigenvalue weighted by molar-refractivity contribution is 6.30. The molecule has 0 bridgehead atoms. The zero-order chi connectivity index (χ0) is 18.1. The first-order valence-corrected chi connectivity index (χ1v) is 8.77. The molecule has 0 N–H and O–H groups in total. The van der Waals surface area contributed by atoms with Gasteiger partial charge in [0.2, 0.25) is 0 Å². The van der Waals surface area contributed by atoms with Crippen LogP contribution >= 0.6 is 11.6 Å². The van der Waals surface area contributed by atoms with Crippen LogP contribution in [0.25, 0.3) is 5.69 Å². The standard InChI is InChI=1S/C20H18ClN3O2/c1-26-19-7-2-14-8-9-23(12-15(14)10-19)20(25)16-11-22-24(13-16)18-5-3-17(21)4-6-18/h2-7,10-11,13H,8-9,12H2,1H3. The van der Waals surface area contributed by atoms with Crippen molar-refractivity contribution in [3.63, 3.8) is 0 Å². The second kappa shape index (κ2) is 6.84. The van der Waals surface area contributed by atoms with E-state index in [0.29, 0.717) is 23.7 Å². The van der Waals surface area contributed by atoms with Crippen LogP contribution in [-0.4, -0.2) is 34.2 Å². The van der Waals surface area contributed by atoms with E-state index in [9.17, 15) is 4.79 Å². The predicted octanol–water partition coefficient (Wildman–Crippen LogP) is 3.73. The molecule has 0 saturated carbocycles. The number of nitrogens with zero attached hydrogens (tertiary/aromatic N) is 3. The van der Waals surface area contributed by atoms with Gasteiger partial charge in [-0.2, -0.15) is 5.10 Å². The van der Waals surface area contributed by atoms with Gasteiger partial charge < -0.3 is 9.64 Å². The van der Waals surface area contributed by atoms with Gasteiger partial charge in [-0.1, -0.05) is 17.7 Å². The summed E-state index contributed by atoms with van der Waals surface area (Å²) in [5.41, 5.74) is 3.84. The van der Waals surface area contributed by atoms with Gasteiger partial charge in [0, 0.05) is 24.3 Å². The van der Waals surface area contributed by atoms with Crippen molar-refractivity contribution in [2.45, 2.75) is 13.0 Å². The van der Waals surface area contributed by atoms with Crippen molar-refractivity contribution in [2.24, 2.45) is 0 Å². The van der Waals surface area contributed by atoms with Crippen LogP contribution in [0.4, 0.5) is 0 Å². The number of ether oxygens (including phenoxy) is 1. The third-order valence-electron chi connectivity index (χ3n) is 4.63. The molecular formula is C20H18ClN3O2. The molecule has 1 amide bonds. The molecule has 0 aliphatic carbocycles. The molecule has 0 unspecified atom stereocenters. The van der Waals surface area contributed by atoms with Crippen molar-refractivity contribution in [3.8, 4) is 11.4 Å². The number of fused-ring (bicyclic) bond motifs is 1. The molecule has 0 fully saturated rings. The Balaban J connectivity index is 1.54. The second-order valence-corrected chi connectivity index (χ2v) is 6.70. The fraction of sp³-hybridized carbons (Fsp3) is 0.200. The Morgan fingerprint density at radius 2 is 1.96 bits per heavy atom. The summed E-state index contributed by atoms with van der Waals surface area (Å²) in [4.78, 5) is 14.7. The van der Waals surface area contributed by atoms with Crippen LogP contribution in [0.5, 0.6) is 5.75 Å². The lowest BCUT2D eigenvalue weighted by Gasteiger charge is -2.28. The lowest BCUT2D eigenvalue weighted by atomic mass is 9.99. The fourth-order valence-electron chi connectivity index (χ4n) is 3.18. The number of methoxy groups -OCH3 is 1. The summed E-state index contributed by atoms with van der Waals surface area (Å²) in [6, 6.07) is 13.4. The maximum Gasteiger partial charge on any atom is 0.257 e. The summed E-state index contributed by atoms with van der Waals surface area (Å²) in [5.74, 6) is 0.798. The molecule has 1 aliphatic heterocycles. The first kappa shape index (κ1) is 16.7. The van der Waals surface area contributed by atoms with Gasteiger partial charge in [-0.25, -0.2) is 4.68 Å². The third kappa shape index (κ3) is 3.18. The van der Waals surface area contributed by atoms with E-state index >= 15 is 0 Å². The molecule has 132 valence electrons. The SMILES string of the molecule is COc1ccc2c(c1)CN(C(=O)c1cnn(-c3ccc(Cl)cc3)c1)CC2. The Morgan fingerprint density at radius 3 is 2.73 bits per heavy atom. The van der Waals surface area contributed by atoms with Crippen molar-refractivity contribution in [1.82, 2.24) is 14.7 Å². The first-order valence-electron chi connectivity index (χ1n) is 8.40. The molecule has 1 aliphatic rings. The van der Waals surface area contributed by atoms with Crippen LogP contribution in [0.3, 0.4) is 0 Å². The summed E-state index contributed by atoms with van der Waals surface area (Å²) in [7, 11) is 1.65. The molecule has 0 saturated heterocycles. The van der Waals surface area contributed by atoms with E-state index in [2.05, 4.69) is 11.2 Å². The first-order chi connectivity index (χ1) is 12.6. The van der Waals surface area contributed by atoms with Crippen molar-refractivity contribution in [2.75, 3.05) is 13.7 Å². The van der Waals surface area contributed by atoms with Crippen LogP contribution in [0.1, 0.15) is 21.5 Å². The largest absolute Gasteiger partial charge is 0.497 e. The highest BCUT2D eigenvalue weighted by Gasteiger charge is 2.23. The zero-order valence-corrected chi connectivity index (χ0v) is 15.1. The number of hydrogen-bond acceptors (Lipinski definition) is 3. The minimum Gasteiger partial charge on any atom is -0.497 e. The Morgan fingerprint density at radius 1 is 1.15 bits per heavy atom. The van der Waals surface area contributed by atoms with Gasteiger partial charge in [0.15, 0.2) is 0 Å². The third-order valence-corrected chi connectivity index (χ3v) is 4.89. The number of amides is 1. The Hall–Kier alpha value is -2.79. The van der Waals surface area contributed by atoms with E-state index < -0.39 is 0 Å². The molecule has 2 aromatic carbocycles. The molecule has 4 rings (SSSR count). The smallest absolute Gasteiger partial charge is 0.257 e. The Kier molecular flexibility index (Phi) is 4.39. The van der Waals surface area contributed by atoms with E-state index in [1.165, 1.54) is 5.56 Å². The summed E-state index contributed by atoms with van der Waals surface area (Å²) < 4.78 is 6.98. The average molecular weight is 368 g/mol. The second-order valence-electron chi connectivity index (χ2n) is 6.26. The number of carbonyl (C=O) groups is 1. The summed E-state index contributed by atoms with van der Waals surface area (Å²) in [6.45, 7) is 1.28. The summed E-state index contributed by atoms with van der Waals surface area (Å²) >= 11 is 5.92. The highest BCUT2D eigenvalue weighted by Crippen LogP contribution is 2.25. The lowest BCUT2D eigenvalue weighted by Crippen LogP contribution is -2.35. The van der Waals surface area contributed by atoms with Crippen LogP contribution < -0.4 is 4.74 Å². The monoisotopic (exact) mass is 367 g/mol. The maximum absolute atomic E-state index is 12.9. The van der Waals surface area contributed by atoms with Gasteiger partial charge in [0.25, 0.3) is 5.91 Å². The van der Waals surface area contributed by atoms with E-state index in [-0.39, 0.29) is 5.91 Å². The molecular weight excluding hydrogens is 350 g/mol. The fourth-order valence-corrected chi connectivity index (χ4v) is 3.31. The van der Waals surface area contributed by atoms with E-state index in [1.807, 2.05) is 29.2 Å². The normalized spacial score (nSPS) is 13.4. The van der Waals surface area contributed by atoms with Crippen LogP contribution in [0.15, 0.2) is 54.9 Å². The lowest BCUT2D eigenvalue weighted by molar-refractivity contribution is 0.0734. The van der Waals surface area contributed by atoms with Gasteiger partial charge in [-0.15, -0.1) is 0 Å². The average Bonchev–Trinajstić information content (AvgIpc) is 3.17. The van der Waals surface area contributed by atoms with Crippen molar-refractivity contribution < 1.29 is 9.53 Å². The number of rotatable bonds is 3. The minimum absolute atomic E-state index is 0.0151. The number of benzene rings is 2. The molecule has 5 nitrogen and oxygen atoms in total.